The van der Waals surface area contributed by atoms with Gasteiger partial charge in [0.1, 0.15) is 18.1 Å². The second-order valence-corrected chi connectivity index (χ2v) is 7.07. The van der Waals surface area contributed by atoms with E-state index in [1.54, 1.807) is 7.11 Å². The molecule has 1 saturated heterocycles. The molecule has 0 N–H and O–H groups in total. The zero-order chi connectivity index (χ0) is 18.9. The van der Waals surface area contributed by atoms with Crippen LogP contribution < -0.4 is 14.4 Å². The van der Waals surface area contributed by atoms with Crippen molar-refractivity contribution in [1.82, 2.24) is 0 Å². The van der Waals surface area contributed by atoms with E-state index in [1.807, 2.05) is 12.1 Å². The Labute approximate surface area is 164 Å². The average molecular weight is 373 g/mol. The maximum Gasteiger partial charge on any atom is 0.130 e. The van der Waals surface area contributed by atoms with Crippen LogP contribution in [0.5, 0.6) is 11.5 Å². The summed E-state index contributed by atoms with van der Waals surface area (Å²) in [5.41, 5.74) is 4.79. The molecular weight excluding hydrogens is 350 g/mol. The Hall–Kier alpha value is -2.98. The van der Waals surface area contributed by atoms with Crippen LogP contribution in [0.2, 0.25) is 0 Å². The predicted molar refractivity (Wildman–Crippen MR) is 113 cm³/mol. The lowest BCUT2D eigenvalue weighted by atomic mass is 9.90. The first-order valence-electron chi connectivity index (χ1n) is 9.71. The Morgan fingerprint density at radius 2 is 1.68 bits per heavy atom. The molecule has 28 heavy (non-hydrogen) atoms. The second kappa shape index (κ2) is 7.21. The van der Waals surface area contributed by atoms with Crippen LogP contribution >= 0.6 is 0 Å². The molecule has 0 amide bonds. The van der Waals surface area contributed by atoms with E-state index in [4.69, 9.17) is 14.2 Å². The van der Waals surface area contributed by atoms with Crippen LogP contribution in [0.4, 0.5) is 5.69 Å². The van der Waals surface area contributed by atoms with Crippen LogP contribution in [0.1, 0.15) is 11.1 Å². The van der Waals surface area contributed by atoms with Crippen LogP contribution in [0.3, 0.4) is 0 Å². The molecule has 0 saturated carbocycles. The molecule has 2 heterocycles. The number of hydrogen-bond acceptors (Lipinski definition) is 4. The van der Waals surface area contributed by atoms with Gasteiger partial charge in [-0.15, -0.1) is 0 Å². The Morgan fingerprint density at radius 1 is 0.929 bits per heavy atom. The number of methoxy groups -OCH3 is 1. The Kier molecular flexibility index (Phi) is 4.41. The van der Waals surface area contributed by atoms with Crippen molar-refractivity contribution in [2.45, 2.75) is 0 Å². The number of nitrogens with zero attached hydrogens (tertiary/aromatic N) is 1. The highest BCUT2D eigenvalue weighted by molar-refractivity contribution is 6.06. The summed E-state index contributed by atoms with van der Waals surface area (Å²) in [5.74, 6) is 1.82. The number of rotatable bonds is 3. The van der Waals surface area contributed by atoms with E-state index in [1.165, 1.54) is 33.2 Å². The molecule has 2 aliphatic heterocycles. The van der Waals surface area contributed by atoms with E-state index in [0.29, 0.717) is 6.61 Å². The largest absolute Gasteiger partial charge is 0.497 e. The molecule has 3 aromatic carbocycles. The highest BCUT2D eigenvalue weighted by Gasteiger charge is 2.23. The lowest BCUT2D eigenvalue weighted by molar-refractivity contribution is 0.123. The summed E-state index contributed by atoms with van der Waals surface area (Å²) in [6.45, 7) is 3.93. The predicted octanol–water partition coefficient (Wildman–Crippen LogP) is 4.51. The summed E-state index contributed by atoms with van der Waals surface area (Å²) in [6.07, 6.45) is 2.17. The molecule has 0 radical (unpaired) electrons. The summed E-state index contributed by atoms with van der Waals surface area (Å²) in [7, 11) is 1.69. The minimum Gasteiger partial charge on any atom is -0.497 e. The van der Waals surface area contributed by atoms with Gasteiger partial charge in [-0.25, -0.2) is 0 Å². The number of ether oxygens (including phenoxy) is 3. The Bertz CT molecular complexity index is 1030. The number of hydrogen-bond donors (Lipinski definition) is 0. The van der Waals surface area contributed by atoms with E-state index in [0.717, 1.165) is 37.8 Å². The highest BCUT2D eigenvalue weighted by Crippen LogP contribution is 2.44. The van der Waals surface area contributed by atoms with Gasteiger partial charge in [-0.1, -0.05) is 36.4 Å². The van der Waals surface area contributed by atoms with Gasteiger partial charge in [0.25, 0.3) is 0 Å². The number of morpholine rings is 1. The van der Waals surface area contributed by atoms with E-state index in [9.17, 15) is 0 Å². The van der Waals surface area contributed by atoms with Crippen LogP contribution in [-0.2, 0) is 4.74 Å². The van der Waals surface area contributed by atoms with E-state index >= 15 is 0 Å². The van der Waals surface area contributed by atoms with Gasteiger partial charge in [0.15, 0.2) is 0 Å². The summed E-state index contributed by atoms with van der Waals surface area (Å²) >= 11 is 0. The molecule has 3 aromatic rings. The van der Waals surface area contributed by atoms with Crippen molar-refractivity contribution in [3.63, 3.8) is 0 Å². The SMILES string of the molecule is COc1ccc(C2=CCOc3cc(N4CCOCC4)c4ccccc4c32)cc1. The van der Waals surface area contributed by atoms with Crippen molar-refractivity contribution >= 4 is 22.0 Å². The quantitative estimate of drug-likeness (QED) is 0.676. The Balaban J connectivity index is 1.68. The minimum absolute atomic E-state index is 0.579. The third kappa shape index (κ3) is 2.90. The molecule has 1 fully saturated rings. The molecule has 4 nitrogen and oxygen atoms in total. The van der Waals surface area contributed by atoms with Crippen molar-refractivity contribution in [3.05, 3.63) is 71.8 Å². The molecular formula is C24H23NO3. The average Bonchev–Trinajstić information content (AvgIpc) is 2.79. The minimum atomic E-state index is 0.579. The molecule has 142 valence electrons. The normalized spacial score (nSPS) is 16.3. The van der Waals surface area contributed by atoms with Gasteiger partial charge in [0.2, 0.25) is 0 Å². The maximum absolute atomic E-state index is 6.10. The number of fused-ring (bicyclic) bond motifs is 3. The van der Waals surface area contributed by atoms with Gasteiger partial charge in [0.05, 0.1) is 20.3 Å². The number of anilines is 1. The fourth-order valence-electron chi connectivity index (χ4n) is 4.14. The highest BCUT2D eigenvalue weighted by atomic mass is 16.5. The molecule has 0 spiro atoms. The molecule has 0 aliphatic carbocycles. The standard InChI is InChI=1S/C24H23NO3/c1-26-18-8-6-17(7-9-18)19-10-13-28-23-16-22(25-11-14-27-15-12-25)20-4-2-3-5-21(20)24(19)23/h2-10,16H,11-15H2,1H3. The molecule has 0 bridgehead atoms. The van der Waals surface area contributed by atoms with E-state index in [-0.39, 0.29) is 0 Å². The topological polar surface area (TPSA) is 30.9 Å². The van der Waals surface area contributed by atoms with Gasteiger partial charge >= 0.3 is 0 Å². The number of benzene rings is 3. The monoisotopic (exact) mass is 373 g/mol. The fraction of sp³-hybridized carbons (Fsp3) is 0.250. The first kappa shape index (κ1) is 17.1. The van der Waals surface area contributed by atoms with Gasteiger partial charge in [-0.05, 0) is 34.7 Å². The fourth-order valence-corrected chi connectivity index (χ4v) is 4.14. The van der Waals surface area contributed by atoms with Crippen molar-refractivity contribution in [3.8, 4) is 11.5 Å². The molecule has 0 atom stereocenters. The summed E-state index contributed by atoms with van der Waals surface area (Å²) in [5, 5.41) is 2.48. The molecule has 0 unspecified atom stereocenters. The van der Waals surface area contributed by atoms with Gasteiger partial charge < -0.3 is 19.1 Å². The first-order valence-corrected chi connectivity index (χ1v) is 9.71. The molecule has 5 rings (SSSR count). The third-order valence-electron chi connectivity index (χ3n) is 5.53. The van der Waals surface area contributed by atoms with Gasteiger partial charge in [0, 0.05) is 35.8 Å². The van der Waals surface area contributed by atoms with Crippen LogP contribution in [-0.4, -0.2) is 40.0 Å². The van der Waals surface area contributed by atoms with Gasteiger partial charge in [-0.3, -0.25) is 0 Å². The zero-order valence-corrected chi connectivity index (χ0v) is 16.0. The van der Waals surface area contributed by atoms with Crippen molar-refractivity contribution in [1.29, 1.82) is 0 Å². The van der Waals surface area contributed by atoms with Crippen LogP contribution in [0, 0.1) is 0 Å². The zero-order valence-electron chi connectivity index (χ0n) is 16.0. The lowest BCUT2D eigenvalue weighted by Gasteiger charge is -2.32. The third-order valence-corrected chi connectivity index (χ3v) is 5.53. The van der Waals surface area contributed by atoms with E-state index in [2.05, 4.69) is 53.4 Å². The first-order chi connectivity index (χ1) is 13.8. The molecule has 2 aliphatic rings. The summed E-state index contributed by atoms with van der Waals surface area (Å²) < 4.78 is 17.0. The van der Waals surface area contributed by atoms with Crippen molar-refractivity contribution in [2.75, 3.05) is 44.9 Å². The van der Waals surface area contributed by atoms with Crippen molar-refractivity contribution in [2.24, 2.45) is 0 Å². The lowest BCUT2D eigenvalue weighted by Crippen LogP contribution is -2.36. The molecule has 0 aromatic heterocycles. The summed E-state index contributed by atoms with van der Waals surface area (Å²) in [4.78, 5) is 2.40. The van der Waals surface area contributed by atoms with Gasteiger partial charge in [-0.2, -0.15) is 0 Å². The second-order valence-electron chi connectivity index (χ2n) is 7.07. The summed E-state index contributed by atoms with van der Waals surface area (Å²) in [6, 6.07) is 19.1. The van der Waals surface area contributed by atoms with Crippen LogP contribution in [0.15, 0.2) is 60.7 Å². The molecule has 4 heteroatoms. The smallest absolute Gasteiger partial charge is 0.130 e. The maximum atomic E-state index is 6.10. The van der Waals surface area contributed by atoms with E-state index < -0.39 is 0 Å². The van der Waals surface area contributed by atoms with Crippen molar-refractivity contribution < 1.29 is 14.2 Å². The Morgan fingerprint density at radius 3 is 2.43 bits per heavy atom. The van der Waals surface area contributed by atoms with Crippen LogP contribution in [0.25, 0.3) is 16.3 Å².